The second-order valence-electron chi connectivity index (χ2n) is 6.06. The molecule has 0 aliphatic carbocycles. The van der Waals surface area contributed by atoms with Gasteiger partial charge in [0.15, 0.2) is 0 Å². The van der Waals surface area contributed by atoms with Gasteiger partial charge in [-0.15, -0.1) is 0 Å². The summed E-state index contributed by atoms with van der Waals surface area (Å²) in [6.07, 6.45) is 1.45. The fraction of sp³-hybridized carbons (Fsp3) is 0.529. The number of fused-ring (bicyclic) bond motifs is 1. The Morgan fingerprint density at radius 2 is 2.22 bits per heavy atom. The number of hydrogen-bond acceptors (Lipinski definition) is 5. The van der Waals surface area contributed by atoms with Crippen molar-refractivity contribution in [3.8, 4) is 0 Å². The van der Waals surface area contributed by atoms with Crippen LogP contribution in [0.2, 0.25) is 0 Å². The minimum atomic E-state index is -0.502. The largest absolute Gasteiger partial charge is 0.389 e. The molecule has 0 fully saturated rings. The van der Waals surface area contributed by atoms with Gasteiger partial charge < -0.3 is 15.2 Å². The van der Waals surface area contributed by atoms with Crippen molar-refractivity contribution >= 4 is 0 Å². The minimum Gasteiger partial charge on any atom is -0.389 e. The molecule has 0 radical (unpaired) electrons. The average Bonchev–Trinajstić information content (AvgIpc) is 2.93. The molecule has 0 spiro atoms. The Balaban J connectivity index is 1.35. The van der Waals surface area contributed by atoms with Gasteiger partial charge in [0.05, 0.1) is 25.9 Å². The summed E-state index contributed by atoms with van der Waals surface area (Å²) in [5.41, 5.74) is 1.12. The molecule has 0 saturated heterocycles. The van der Waals surface area contributed by atoms with Crippen molar-refractivity contribution in [3.05, 3.63) is 47.5 Å². The van der Waals surface area contributed by atoms with Gasteiger partial charge in [0.1, 0.15) is 11.6 Å². The van der Waals surface area contributed by atoms with Crippen molar-refractivity contribution in [2.24, 2.45) is 0 Å². The van der Waals surface area contributed by atoms with E-state index in [4.69, 9.17) is 4.74 Å². The number of aromatic nitrogens is 3. The van der Waals surface area contributed by atoms with Crippen LogP contribution in [0.5, 0.6) is 0 Å². The summed E-state index contributed by atoms with van der Waals surface area (Å²) in [7, 11) is 0. The summed E-state index contributed by atoms with van der Waals surface area (Å²) in [5.74, 6) is 1.89. The van der Waals surface area contributed by atoms with Crippen LogP contribution in [0.25, 0.3) is 0 Å². The highest BCUT2D eigenvalue weighted by molar-refractivity contribution is 5.13. The standard InChI is InChI=1S/C17H24N4O2/c1-13-19-17-8-7-15(10-21(17)20-13)18-9-16(22)12-23-11-14-5-3-2-4-6-14/h2-6,15-16,18,22H,7-12H2,1H3/t15-,16-/m0/s1. The van der Waals surface area contributed by atoms with Crippen molar-refractivity contribution in [2.45, 2.75) is 45.1 Å². The van der Waals surface area contributed by atoms with E-state index in [-0.39, 0.29) is 0 Å². The fourth-order valence-electron chi connectivity index (χ4n) is 2.85. The van der Waals surface area contributed by atoms with E-state index in [1.807, 2.05) is 41.9 Å². The first-order valence-corrected chi connectivity index (χ1v) is 8.14. The SMILES string of the molecule is Cc1nc2n(n1)C[C@@H](NC[C@H](O)COCc1ccccc1)CC2. The number of nitrogens with zero attached hydrogens (tertiary/aromatic N) is 3. The fourth-order valence-corrected chi connectivity index (χ4v) is 2.85. The van der Waals surface area contributed by atoms with Gasteiger partial charge in [-0.2, -0.15) is 5.10 Å². The van der Waals surface area contributed by atoms with Crippen molar-refractivity contribution < 1.29 is 9.84 Å². The number of aliphatic hydroxyl groups excluding tert-OH is 1. The topological polar surface area (TPSA) is 72.2 Å². The van der Waals surface area contributed by atoms with E-state index in [1.165, 1.54) is 0 Å². The van der Waals surface area contributed by atoms with Gasteiger partial charge in [0.25, 0.3) is 0 Å². The number of aryl methyl sites for hydroxylation is 2. The highest BCUT2D eigenvalue weighted by Gasteiger charge is 2.21. The minimum absolute atomic E-state index is 0.326. The number of ether oxygens (including phenoxy) is 1. The van der Waals surface area contributed by atoms with Gasteiger partial charge in [-0.3, -0.25) is 0 Å². The van der Waals surface area contributed by atoms with Gasteiger partial charge in [0, 0.05) is 19.0 Å². The number of benzene rings is 1. The zero-order valence-corrected chi connectivity index (χ0v) is 13.5. The van der Waals surface area contributed by atoms with E-state index < -0.39 is 6.10 Å². The quantitative estimate of drug-likeness (QED) is 0.799. The molecular formula is C17H24N4O2. The highest BCUT2D eigenvalue weighted by Crippen LogP contribution is 2.12. The van der Waals surface area contributed by atoms with Crippen molar-refractivity contribution in [2.75, 3.05) is 13.2 Å². The summed E-state index contributed by atoms with van der Waals surface area (Å²) in [4.78, 5) is 4.40. The predicted octanol–water partition coefficient (Wildman–Crippen LogP) is 1.07. The Labute approximate surface area is 136 Å². The van der Waals surface area contributed by atoms with Gasteiger partial charge >= 0.3 is 0 Å². The molecule has 6 nitrogen and oxygen atoms in total. The Kier molecular flexibility index (Phi) is 5.38. The van der Waals surface area contributed by atoms with Gasteiger partial charge in [0.2, 0.25) is 0 Å². The Hall–Kier alpha value is -1.76. The predicted molar refractivity (Wildman–Crippen MR) is 87.0 cm³/mol. The molecule has 1 aromatic heterocycles. The maximum absolute atomic E-state index is 10.0. The Morgan fingerprint density at radius 3 is 3.04 bits per heavy atom. The summed E-state index contributed by atoms with van der Waals surface area (Å²) < 4.78 is 7.53. The number of hydrogen-bond donors (Lipinski definition) is 2. The van der Waals surface area contributed by atoms with Crippen LogP contribution in [-0.2, 0) is 24.3 Å². The van der Waals surface area contributed by atoms with Gasteiger partial charge in [-0.1, -0.05) is 30.3 Å². The van der Waals surface area contributed by atoms with Crippen LogP contribution in [0.15, 0.2) is 30.3 Å². The molecule has 2 atom stereocenters. The third-order valence-corrected chi connectivity index (χ3v) is 4.03. The summed E-state index contributed by atoms with van der Waals surface area (Å²) in [6.45, 7) is 4.13. The van der Waals surface area contributed by atoms with Crippen LogP contribution < -0.4 is 5.32 Å². The molecule has 23 heavy (non-hydrogen) atoms. The lowest BCUT2D eigenvalue weighted by molar-refractivity contribution is 0.0269. The van der Waals surface area contributed by atoms with Crippen LogP contribution in [0.4, 0.5) is 0 Å². The monoisotopic (exact) mass is 316 g/mol. The van der Waals surface area contributed by atoms with Gasteiger partial charge in [-0.25, -0.2) is 9.67 Å². The molecule has 2 heterocycles. The van der Waals surface area contributed by atoms with E-state index in [2.05, 4.69) is 15.4 Å². The number of aliphatic hydroxyl groups is 1. The first kappa shape index (κ1) is 16.1. The first-order chi connectivity index (χ1) is 11.2. The molecule has 2 aromatic rings. The first-order valence-electron chi connectivity index (χ1n) is 8.14. The molecular weight excluding hydrogens is 292 g/mol. The Bertz CT molecular complexity index is 614. The lowest BCUT2D eigenvalue weighted by Gasteiger charge is -2.24. The van der Waals surface area contributed by atoms with E-state index in [0.717, 1.165) is 36.6 Å². The summed E-state index contributed by atoms with van der Waals surface area (Å²) >= 11 is 0. The van der Waals surface area contributed by atoms with Gasteiger partial charge in [-0.05, 0) is 18.9 Å². The van der Waals surface area contributed by atoms with Crippen LogP contribution in [0, 0.1) is 6.92 Å². The zero-order chi connectivity index (χ0) is 16.1. The molecule has 2 N–H and O–H groups in total. The molecule has 3 rings (SSSR count). The van der Waals surface area contributed by atoms with E-state index >= 15 is 0 Å². The van der Waals surface area contributed by atoms with Crippen LogP contribution in [0.3, 0.4) is 0 Å². The molecule has 0 bridgehead atoms. The molecule has 124 valence electrons. The molecule has 1 aromatic carbocycles. The maximum atomic E-state index is 10.0. The molecule has 0 amide bonds. The summed E-state index contributed by atoms with van der Waals surface area (Å²) in [5, 5.41) is 17.8. The third-order valence-electron chi connectivity index (χ3n) is 4.03. The lowest BCUT2D eigenvalue weighted by atomic mass is 10.1. The molecule has 6 heteroatoms. The smallest absolute Gasteiger partial charge is 0.147 e. The van der Waals surface area contributed by atoms with Crippen LogP contribution in [0.1, 0.15) is 23.6 Å². The van der Waals surface area contributed by atoms with E-state index in [9.17, 15) is 5.11 Å². The average molecular weight is 316 g/mol. The maximum Gasteiger partial charge on any atom is 0.147 e. The zero-order valence-electron chi connectivity index (χ0n) is 13.5. The third kappa shape index (κ3) is 4.60. The molecule has 1 aliphatic rings. The number of rotatable bonds is 7. The normalized spacial score (nSPS) is 18.6. The molecule has 0 saturated carbocycles. The summed E-state index contributed by atoms with van der Waals surface area (Å²) in [6, 6.07) is 10.3. The van der Waals surface area contributed by atoms with Crippen molar-refractivity contribution in [1.82, 2.24) is 20.1 Å². The van der Waals surface area contributed by atoms with Crippen molar-refractivity contribution in [1.29, 1.82) is 0 Å². The number of nitrogens with one attached hydrogen (secondary N) is 1. The van der Waals surface area contributed by atoms with Crippen molar-refractivity contribution in [3.63, 3.8) is 0 Å². The second-order valence-corrected chi connectivity index (χ2v) is 6.06. The van der Waals surface area contributed by atoms with Crippen LogP contribution >= 0.6 is 0 Å². The van der Waals surface area contributed by atoms with E-state index in [0.29, 0.717) is 25.8 Å². The highest BCUT2D eigenvalue weighted by atomic mass is 16.5. The molecule has 1 aliphatic heterocycles. The second kappa shape index (κ2) is 7.68. The van der Waals surface area contributed by atoms with Crippen LogP contribution in [-0.4, -0.2) is 45.2 Å². The molecule has 0 unspecified atom stereocenters. The lowest BCUT2D eigenvalue weighted by Crippen LogP contribution is -2.42. The van der Waals surface area contributed by atoms with E-state index in [1.54, 1.807) is 0 Å². The Morgan fingerprint density at radius 1 is 1.39 bits per heavy atom.